The van der Waals surface area contributed by atoms with Gasteiger partial charge in [-0.15, -0.1) is 0 Å². The number of hydrogen-bond donors (Lipinski definition) is 1. The van der Waals surface area contributed by atoms with E-state index in [0.717, 1.165) is 25.7 Å². The summed E-state index contributed by atoms with van der Waals surface area (Å²) < 4.78 is 28.7. The van der Waals surface area contributed by atoms with E-state index in [9.17, 15) is 28.2 Å². The van der Waals surface area contributed by atoms with Gasteiger partial charge < -0.3 is 19.8 Å². The summed E-state index contributed by atoms with van der Waals surface area (Å²) in [4.78, 5) is 21.6. The molecule has 22 heavy (non-hydrogen) atoms. The predicted molar refractivity (Wildman–Crippen MR) is 66.9 cm³/mol. The Kier molecular flexibility index (Phi) is 16.6. The van der Waals surface area contributed by atoms with E-state index in [-0.39, 0.29) is 65.5 Å². The Morgan fingerprint density at radius 2 is 1.45 bits per heavy atom. The summed E-state index contributed by atoms with van der Waals surface area (Å²) in [6, 6.07) is 0. The van der Waals surface area contributed by atoms with Gasteiger partial charge in [0.1, 0.15) is 4.75 Å². The standard InChI is InChI=1S/C12H22O7S.2Na/c1-2-3-4-5-6-7-8-12(11(15)16,9-10(13)14)20(17,18)19;;/h2-9H2,1H3,(H,13,14)(H,15,16)(H,17,18,19);;/q;2*+1/p-2. The smallest absolute Gasteiger partial charge is 0.550 e. The molecule has 0 aromatic carbocycles. The molecule has 1 atom stereocenters. The number of unbranched alkanes of at least 4 members (excludes halogenated alkanes) is 5. The Bertz CT molecular complexity index is 439. The summed E-state index contributed by atoms with van der Waals surface area (Å²) in [5.41, 5.74) is 0. The first kappa shape index (κ1) is 27.7. The molecule has 7 nitrogen and oxygen atoms in total. The van der Waals surface area contributed by atoms with Crippen molar-refractivity contribution in [1.29, 1.82) is 0 Å². The van der Waals surface area contributed by atoms with Gasteiger partial charge >= 0.3 is 59.1 Å². The fourth-order valence-corrected chi connectivity index (χ4v) is 2.93. The molecule has 0 spiro atoms. The zero-order valence-corrected chi connectivity index (χ0v) is 18.3. The number of carbonyl (C=O) groups is 2. The number of rotatable bonds is 11. The van der Waals surface area contributed by atoms with E-state index in [1.807, 2.05) is 6.92 Å². The van der Waals surface area contributed by atoms with E-state index in [4.69, 9.17) is 4.55 Å². The molecule has 0 rings (SSSR count). The number of carboxylic acid groups (broad SMARTS) is 2. The van der Waals surface area contributed by atoms with Crippen LogP contribution in [0.15, 0.2) is 0 Å². The monoisotopic (exact) mass is 354 g/mol. The van der Waals surface area contributed by atoms with Crippen molar-refractivity contribution in [2.24, 2.45) is 0 Å². The molecule has 0 saturated heterocycles. The molecular formula is C12H20Na2O7S. The minimum Gasteiger partial charge on any atom is -0.550 e. The van der Waals surface area contributed by atoms with Crippen LogP contribution in [0.25, 0.3) is 0 Å². The van der Waals surface area contributed by atoms with Gasteiger partial charge in [-0.2, -0.15) is 8.42 Å². The van der Waals surface area contributed by atoms with Gasteiger partial charge in [0.15, 0.2) is 0 Å². The van der Waals surface area contributed by atoms with Crippen molar-refractivity contribution in [3.63, 3.8) is 0 Å². The van der Waals surface area contributed by atoms with Crippen LogP contribution >= 0.6 is 0 Å². The van der Waals surface area contributed by atoms with Crippen molar-refractivity contribution >= 4 is 22.1 Å². The average Bonchev–Trinajstić information content (AvgIpc) is 2.29. The van der Waals surface area contributed by atoms with Crippen LogP contribution in [0.5, 0.6) is 0 Å². The van der Waals surface area contributed by atoms with E-state index in [2.05, 4.69) is 0 Å². The van der Waals surface area contributed by atoms with Crippen LogP contribution in [0.1, 0.15) is 58.3 Å². The van der Waals surface area contributed by atoms with Gasteiger partial charge in [-0.25, -0.2) is 0 Å². The largest absolute Gasteiger partial charge is 1.00 e. The van der Waals surface area contributed by atoms with Gasteiger partial charge in [-0.05, 0) is 6.42 Å². The topological polar surface area (TPSA) is 135 Å². The van der Waals surface area contributed by atoms with Crippen molar-refractivity contribution in [1.82, 2.24) is 0 Å². The second kappa shape index (κ2) is 13.2. The summed E-state index contributed by atoms with van der Waals surface area (Å²) in [6.45, 7) is 2.03. The van der Waals surface area contributed by atoms with Gasteiger partial charge in [0.2, 0.25) is 0 Å². The summed E-state index contributed by atoms with van der Waals surface area (Å²) in [6.07, 6.45) is 2.66. The zero-order valence-electron chi connectivity index (χ0n) is 13.5. The molecule has 0 aliphatic carbocycles. The maximum absolute atomic E-state index is 11.2. The fourth-order valence-electron chi connectivity index (χ4n) is 2.01. The Morgan fingerprint density at radius 3 is 1.82 bits per heavy atom. The zero-order chi connectivity index (χ0) is 15.8. The SMILES string of the molecule is CCCCCCCCC(CC(=O)[O-])(C(=O)[O-])S(=O)(=O)O.[Na+].[Na+]. The molecule has 0 bridgehead atoms. The van der Waals surface area contributed by atoms with Crippen molar-refractivity contribution in [3.05, 3.63) is 0 Å². The van der Waals surface area contributed by atoms with Crippen LogP contribution in [-0.4, -0.2) is 29.7 Å². The molecule has 0 aromatic heterocycles. The third-order valence-corrected chi connectivity index (χ3v) is 4.73. The van der Waals surface area contributed by atoms with E-state index in [1.165, 1.54) is 0 Å². The number of carbonyl (C=O) groups excluding carboxylic acids is 2. The van der Waals surface area contributed by atoms with Crippen molar-refractivity contribution in [3.8, 4) is 0 Å². The van der Waals surface area contributed by atoms with Crippen molar-refractivity contribution < 1.29 is 91.9 Å². The van der Waals surface area contributed by atoms with Crippen molar-refractivity contribution in [2.75, 3.05) is 0 Å². The van der Waals surface area contributed by atoms with Crippen LogP contribution < -0.4 is 69.3 Å². The summed E-state index contributed by atoms with van der Waals surface area (Å²) in [7, 11) is -5.10. The van der Waals surface area contributed by atoms with Gasteiger partial charge in [0.05, 0.1) is 5.97 Å². The first-order chi connectivity index (χ1) is 9.17. The molecule has 0 aromatic rings. The molecule has 0 aliphatic heterocycles. The number of hydrogen-bond acceptors (Lipinski definition) is 6. The van der Waals surface area contributed by atoms with E-state index in [0.29, 0.717) is 6.42 Å². The maximum Gasteiger partial charge on any atom is 1.00 e. The second-order valence-electron chi connectivity index (χ2n) is 4.82. The van der Waals surface area contributed by atoms with Crippen LogP contribution in [-0.2, 0) is 19.7 Å². The third kappa shape index (κ3) is 9.22. The minimum absolute atomic E-state index is 0. The van der Waals surface area contributed by atoms with Gasteiger partial charge in [-0.3, -0.25) is 4.55 Å². The third-order valence-electron chi connectivity index (χ3n) is 3.23. The molecule has 118 valence electrons. The minimum atomic E-state index is -5.10. The van der Waals surface area contributed by atoms with E-state index < -0.39 is 39.6 Å². The molecular weight excluding hydrogens is 334 g/mol. The Balaban J connectivity index is -0.00000180. The second-order valence-corrected chi connectivity index (χ2v) is 6.55. The molecule has 1 N–H and O–H groups in total. The average molecular weight is 354 g/mol. The first-order valence-corrected chi connectivity index (χ1v) is 7.99. The molecule has 0 aliphatic rings. The van der Waals surface area contributed by atoms with Crippen LogP contribution in [0.4, 0.5) is 0 Å². The summed E-state index contributed by atoms with van der Waals surface area (Å²) in [5.74, 6) is -3.98. The van der Waals surface area contributed by atoms with Crippen LogP contribution in [0.3, 0.4) is 0 Å². The van der Waals surface area contributed by atoms with Gasteiger partial charge in [-0.1, -0.05) is 45.4 Å². The molecule has 0 amide bonds. The Hall–Kier alpha value is 0.850. The van der Waals surface area contributed by atoms with Gasteiger partial charge in [0, 0.05) is 12.4 Å². The molecule has 1 unspecified atom stereocenters. The first-order valence-electron chi connectivity index (χ1n) is 6.55. The van der Waals surface area contributed by atoms with Crippen LogP contribution in [0.2, 0.25) is 0 Å². The maximum atomic E-state index is 11.2. The number of aliphatic carboxylic acids is 2. The quantitative estimate of drug-likeness (QED) is 0.221. The Morgan fingerprint density at radius 1 is 1.00 bits per heavy atom. The molecule has 0 heterocycles. The van der Waals surface area contributed by atoms with E-state index >= 15 is 0 Å². The Labute approximate surface area is 175 Å². The normalized spacial score (nSPS) is 13.4. The van der Waals surface area contributed by atoms with E-state index in [1.54, 1.807) is 0 Å². The molecule has 0 radical (unpaired) electrons. The predicted octanol–water partition coefficient (Wildman–Crippen LogP) is -6.74. The van der Waals surface area contributed by atoms with Gasteiger partial charge in [0.25, 0.3) is 10.1 Å². The molecule has 0 saturated carbocycles. The molecule has 0 fully saturated rings. The summed E-state index contributed by atoms with van der Waals surface area (Å²) in [5, 5.41) is 21.6. The summed E-state index contributed by atoms with van der Waals surface area (Å²) >= 11 is 0. The van der Waals surface area contributed by atoms with Crippen molar-refractivity contribution in [2.45, 2.75) is 63.0 Å². The number of carboxylic acids is 2. The van der Waals surface area contributed by atoms with Crippen LogP contribution in [0, 0.1) is 0 Å². The molecule has 10 heteroatoms. The fraction of sp³-hybridized carbons (Fsp3) is 0.833.